The highest BCUT2D eigenvalue weighted by atomic mass is 16.1. The molecular formula is C20H27N3O. The quantitative estimate of drug-likeness (QED) is 0.881. The number of aromatic nitrogens is 1. The Labute approximate surface area is 144 Å². The second-order valence-corrected chi connectivity index (χ2v) is 6.82. The number of rotatable bonds is 5. The minimum Gasteiger partial charge on any atom is -0.372 e. The first-order valence-corrected chi connectivity index (χ1v) is 8.48. The molecule has 1 aromatic heterocycles. The maximum absolute atomic E-state index is 12.7. The third-order valence-corrected chi connectivity index (χ3v) is 4.09. The van der Waals surface area contributed by atoms with Crippen molar-refractivity contribution in [2.45, 2.75) is 40.0 Å². The predicted octanol–water partition coefficient (Wildman–Crippen LogP) is 4.48. The van der Waals surface area contributed by atoms with Gasteiger partial charge in [-0.25, -0.2) is 0 Å². The highest BCUT2D eigenvalue weighted by Crippen LogP contribution is 2.29. The Morgan fingerprint density at radius 2 is 1.79 bits per heavy atom. The minimum atomic E-state index is -0.180. The number of nitrogens with zero attached hydrogens (tertiary/aromatic N) is 2. The van der Waals surface area contributed by atoms with E-state index in [1.54, 1.807) is 6.20 Å². The van der Waals surface area contributed by atoms with Crippen molar-refractivity contribution in [1.29, 1.82) is 0 Å². The lowest BCUT2D eigenvalue weighted by Gasteiger charge is -2.23. The van der Waals surface area contributed by atoms with Crippen molar-refractivity contribution in [1.82, 2.24) is 4.98 Å². The van der Waals surface area contributed by atoms with Crippen molar-refractivity contribution in [3.05, 3.63) is 53.9 Å². The summed E-state index contributed by atoms with van der Waals surface area (Å²) in [5.41, 5.74) is 3.36. The van der Waals surface area contributed by atoms with Crippen LogP contribution in [0.25, 0.3) is 0 Å². The number of para-hydroxylation sites is 1. The van der Waals surface area contributed by atoms with Gasteiger partial charge in [-0.15, -0.1) is 0 Å². The van der Waals surface area contributed by atoms with E-state index < -0.39 is 0 Å². The second kappa shape index (κ2) is 7.47. The van der Waals surface area contributed by atoms with Crippen LogP contribution in [-0.2, 0) is 5.41 Å². The summed E-state index contributed by atoms with van der Waals surface area (Å²) in [4.78, 5) is 19.1. The van der Waals surface area contributed by atoms with Crippen LogP contribution in [0.1, 0.15) is 50.7 Å². The highest BCUT2D eigenvalue weighted by Gasteiger charge is 2.19. The lowest BCUT2D eigenvalue weighted by Crippen LogP contribution is -2.23. The van der Waals surface area contributed by atoms with Crippen molar-refractivity contribution in [2.24, 2.45) is 0 Å². The smallest absolute Gasteiger partial charge is 0.274 e. The Kier molecular flexibility index (Phi) is 5.60. The molecule has 0 unspecified atom stereocenters. The monoisotopic (exact) mass is 325 g/mol. The Balaban J connectivity index is 2.27. The van der Waals surface area contributed by atoms with E-state index in [4.69, 9.17) is 0 Å². The topological polar surface area (TPSA) is 45.2 Å². The van der Waals surface area contributed by atoms with Crippen LogP contribution >= 0.6 is 0 Å². The van der Waals surface area contributed by atoms with E-state index in [0.717, 1.165) is 30.0 Å². The van der Waals surface area contributed by atoms with Gasteiger partial charge in [0.2, 0.25) is 0 Å². The molecular weight excluding hydrogens is 298 g/mol. The molecule has 4 nitrogen and oxygen atoms in total. The number of benzene rings is 1. The molecule has 2 aromatic rings. The first-order chi connectivity index (χ1) is 11.4. The Bertz CT molecular complexity index is 700. The molecule has 0 aliphatic rings. The van der Waals surface area contributed by atoms with E-state index in [2.05, 4.69) is 55.9 Å². The highest BCUT2D eigenvalue weighted by molar-refractivity contribution is 6.03. The molecule has 1 amide bonds. The van der Waals surface area contributed by atoms with Gasteiger partial charge in [-0.1, -0.05) is 39.0 Å². The molecule has 0 fully saturated rings. The number of carbonyl (C=O) groups is 1. The minimum absolute atomic E-state index is 0.0413. The van der Waals surface area contributed by atoms with Crippen LogP contribution < -0.4 is 10.2 Å². The molecule has 0 atom stereocenters. The number of carbonyl (C=O) groups excluding carboxylic acids is 1. The van der Waals surface area contributed by atoms with E-state index in [9.17, 15) is 4.79 Å². The van der Waals surface area contributed by atoms with Crippen molar-refractivity contribution in [3.63, 3.8) is 0 Å². The first kappa shape index (κ1) is 18.0. The van der Waals surface area contributed by atoms with Crippen LogP contribution in [0, 0.1) is 0 Å². The van der Waals surface area contributed by atoms with E-state index in [1.165, 1.54) is 0 Å². The van der Waals surface area contributed by atoms with Crippen molar-refractivity contribution < 1.29 is 4.79 Å². The van der Waals surface area contributed by atoms with Crippen LogP contribution in [0.5, 0.6) is 0 Å². The molecule has 0 spiro atoms. The summed E-state index contributed by atoms with van der Waals surface area (Å²) >= 11 is 0. The van der Waals surface area contributed by atoms with E-state index in [1.807, 2.05) is 30.3 Å². The lowest BCUT2D eigenvalue weighted by molar-refractivity contribution is 0.102. The van der Waals surface area contributed by atoms with Gasteiger partial charge in [0.25, 0.3) is 5.91 Å². The lowest BCUT2D eigenvalue weighted by atomic mass is 9.86. The average Bonchev–Trinajstić information content (AvgIpc) is 2.56. The maximum Gasteiger partial charge on any atom is 0.274 e. The summed E-state index contributed by atoms with van der Waals surface area (Å²) in [5.74, 6) is -0.180. The molecule has 24 heavy (non-hydrogen) atoms. The Morgan fingerprint density at radius 3 is 2.42 bits per heavy atom. The van der Waals surface area contributed by atoms with Gasteiger partial charge in [0.05, 0.1) is 0 Å². The van der Waals surface area contributed by atoms with Gasteiger partial charge >= 0.3 is 0 Å². The largest absolute Gasteiger partial charge is 0.372 e. The van der Waals surface area contributed by atoms with E-state index in [0.29, 0.717) is 5.69 Å². The maximum atomic E-state index is 12.7. The summed E-state index contributed by atoms with van der Waals surface area (Å²) in [7, 11) is 0. The molecule has 0 saturated carbocycles. The summed E-state index contributed by atoms with van der Waals surface area (Å²) in [5, 5.41) is 3.02. The SMILES string of the molecule is CCN(CC)c1ccnc(C(=O)Nc2ccccc2C(C)(C)C)c1. The number of hydrogen-bond donors (Lipinski definition) is 1. The van der Waals surface area contributed by atoms with Crippen LogP contribution in [0.4, 0.5) is 11.4 Å². The fourth-order valence-corrected chi connectivity index (χ4v) is 2.76. The van der Waals surface area contributed by atoms with Crippen molar-refractivity contribution in [2.75, 3.05) is 23.3 Å². The molecule has 0 bridgehead atoms. The zero-order valence-electron chi connectivity index (χ0n) is 15.3. The third-order valence-electron chi connectivity index (χ3n) is 4.09. The molecule has 0 radical (unpaired) electrons. The summed E-state index contributed by atoms with van der Waals surface area (Å²) in [6.45, 7) is 12.4. The summed E-state index contributed by atoms with van der Waals surface area (Å²) < 4.78 is 0. The number of anilines is 2. The van der Waals surface area contributed by atoms with Crippen LogP contribution in [0.3, 0.4) is 0 Å². The molecule has 1 N–H and O–H groups in total. The number of hydrogen-bond acceptors (Lipinski definition) is 3. The zero-order chi connectivity index (χ0) is 17.7. The van der Waals surface area contributed by atoms with Gasteiger partial charge < -0.3 is 10.2 Å². The standard InChI is InChI=1S/C20H27N3O/c1-6-23(7-2)15-12-13-21-18(14-15)19(24)22-17-11-9-8-10-16(17)20(3,4)5/h8-14H,6-7H2,1-5H3,(H,22,24). The van der Waals surface area contributed by atoms with Gasteiger partial charge in [0, 0.05) is 30.7 Å². The van der Waals surface area contributed by atoms with Crippen molar-refractivity contribution in [3.8, 4) is 0 Å². The normalized spacial score (nSPS) is 11.2. The molecule has 128 valence electrons. The van der Waals surface area contributed by atoms with Gasteiger partial charge in [-0.2, -0.15) is 0 Å². The Morgan fingerprint density at radius 1 is 1.12 bits per heavy atom. The number of pyridine rings is 1. The Hall–Kier alpha value is -2.36. The molecule has 4 heteroatoms. The average molecular weight is 325 g/mol. The van der Waals surface area contributed by atoms with E-state index >= 15 is 0 Å². The fourth-order valence-electron chi connectivity index (χ4n) is 2.76. The molecule has 0 aliphatic carbocycles. The van der Waals surface area contributed by atoms with Crippen LogP contribution in [-0.4, -0.2) is 24.0 Å². The molecule has 2 rings (SSSR count). The third kappa shape index (κ3) is 4.13. The summed E-state index contributed by atoms with van der Waals surface area (Å²) in [6, 6.07) is 11.7. The second-order valence-electron chi connectivity index (χ2n) is 6.82. The molecule has 1 aromatic carbocycles. The van der Waals surface area contributed by atoms with Gasteiger partial charge in [0.1, 0.15) is 5.69 Å². The number of nitrogens with one attached hydrogen (secondary N) is 1. The van der Waals surface area contributed by atoms with Gasteiger partial charge in [-0.05, 0) is 43.0 Å². The molecule has 0 saturated heterocycles. The zero-order valence-corrected chi connectivity index (χ0v) is 15.3. The van der Waals surface area contributed by atoms with Crippen molar-refractivity contribution >= 4 is 17.3 Å². The van der Waals surface area contributed by atoms with Crippen LogP contribution in [0.2, 0.25) is 0 Å². The molecule has 0 aliphatic heterocycles. The molecule has 1 heterocycles. The summed E-state index contributed by atoms with van der Waals surface area (Å²) in [6.07, 6.45) is 1.69. The first-order valence-electron chi connectivity index (χ1n) is 8.48. The number of amides is 1. The van der Waals surface area contributed by atoms with Gasteiger partial charge in [-0.3, -0.25) is 9.78 Å². The predicted molar refractivity (Wildman–Crippen MR) is 101 cm³/mol. The van der Waals surface area contributed by atoms with E-state index in [-0.39, 0.29) is 11.3 Å². The fraction of sp³-hybridized carbons (Fsp3) is 0.400. The van der Waals surface area contributed by atoms with Crippen LogP contribution in [0.15, 0.2) is 42.6 Å². The van der Waals surface area contributed by atoms with Gasteiger partial charge in [0.15, 0.2) is 0 Å².